The van der Waals surface area contributed by atoms with Crippen molar-refractivity contribution in [3.05, 3.63) is 35.4 Å². The predicted octanol–water partition coefficient (Wildman–Crippen LogP) is 1.76. The molecule has 2 fully saturated rings. The predicted molar refractivity (Wildman–Crippen MR) is 66.4 cm³/mol. The van der Waals surface area contributed by atoms with Crippen molar-refractivity contribution in [3.63, 3.8) is 0 Å². The molecule has 3 rings (SSSR count). The molecule has 1 aliphatic carbocycles. The van der Waals surface area contributed by atoms with Gasteiger partial charge in [0.1, 0.15) is 0 Å². The molecule has 2 N–H and O–H groups in total. The fraction of sp³-hybridized carbons (Fsp3) is 0.500. The van der Waals surface area contributed by atoms with E-state index in [1.165, 1.54) is 11.1 Å². The Labute approximate surface area is 102 Å². The first-order chi connectivity index (χ1) is 8.18. The highest BCUT2D eigenvalue weighted by Crippen LogP contribution is 2.41. The van der Waals surface area contributed by atoms with Gasteiger partial charge in [0.25, 0.3) is 0 Å². The van der Waals surface area contributed by atoms with Crippen LogP contribution in [0.1, 0.15) is 36.4 Å². The lowest BCUT2D eigenvalue weighted by molar-refractivity contribution is -0.129. The first-order valence-electron chi connectivity index (χ1n) is 6.31. The van der Waals surface area contributed by atoms with Gasteiger partial charge in [0.15, 0.2) is 0 Å². The van der Waals surface area contributed by atoms with Crippen molar-refractivity contribution < 1.29 is 4.79 Å². The zero-order valence-corrected chi connectivity index (χ0v) is 10.1. The normalized spacial score (nSPS) is 28.8. The maximum Gasteiger partial charge on any atom is 0.225 e. The molecule has 0 radical (unpaired) electrons. The molecule has 1 aromatic carbocycles. The maximum atomic E-state index is 12.0. The van der Waals surface area contributed by atoms with E-state index >= 15 is 0 Å². The van der Waals surface area contributed by atoms with E-state index in [0.717, 1.165) is 12.8 Å². The highest BCUT2D eigenvalue weighted by Gasteiger charge is 2.46. The third kappa shape index (κ3) is 1.75. The van der Waals surface area contributed by atoms with E-state index in [4.69, 9.17) is 5.73 Å². The van der Waals surface area contributed by atoms with Crippen LogP contribution >= 0.6 is 0 Å². The monoisotopic (exact) mass is 230 g/mol. The van der Waals surface area contributed by atoms with Gasteiger partial charge in [-0.1, -0.05) is 24.3 Å². The summed E-state index contributed by atoms with van der Waals surface area (Å²) < 4.78 is 0. The van der Waals surface area contributed by atoms with Crippen LogP contribution < -0.4 is 5.73 Å². The van der Waals surface area contributed by atoms with Crippen molar-refractivity contribution in [2.45, 2.75) is 44.3 Å². The molecule has 0 spiro atoms. The molecule has 2 aliphatic rings. The second kappa shape index (κ2) is 3.84. The van der Waals surface area contributed by atoms with E-state index in [2.05, 4.69) is 19.1 Å². The van der Waals surface area contributed by atoms with Gasteiger partial charge in [-0.05, 0) is 30.9 Å². The van der Waals surface area contributed by atoms with Crippen LogP contribution in [0.5, 0.6) is 0 Å². The van der Waals surface area contributed by atoms with Gasteiger partial charge >= 0.3 is 0 Å². The van der Waals surface area contributed by atoms with Gasteiger partial charge in [-0.15, -0.1) is 0 Å². The molecule has 1 amide bonds. The van der Waals surface area contributed by atoms with Crippen molar-refractivity contribution >= 4 is 5.91 Å². The third-order valence-electron chi connectivity index (χ3n) is 3.85. The van der Waals surface area contributed by atoms with E-state index < -0.39 is 0 Å². The number of carbonyl (C=O) groups is 1. The first kappa shape index (κ1) is 10.8. The minimum atomic E-state index is -0.0517. The lowest BCUT2D eigenvalue weighted by Crippen LogP contribution is -2.35. The fourth-order valence-electron chi connectivity index (χ4n) is 2.86. The molecular weight excluding hydrogens is 212 g/mol. The molecule has 90 valence electrons. The zero-order valence-electron chi connectivity index (χ0n) is 10.1. The van der Waals surface area contributed by atoms with E-state index in [9.17, 15) is 4.79 Å². The highest BCUT2D eigenvalue weighted by molar-refractivity contribution is 5.81. The van der Waals surface area contributed by atoms with Gasteiger partial charge < -0.3 is 10.6 Å². The molecule has 1 saturated heterocycles. The number of hydrogen-bond acceptors (Lipinski definition) is 2. The summed E-state index contributed by atoms with van der Waals surface area (Å²) in [5, 5.41) is 0. The molecule has 0 aromatic heterocycles. The maximum absolute atomic E-state index is 12.0. The molecule has 2 unspecified atom stereocenters. The number of benzene rings is 1. The molecule has 1 aliphatic heterocycles. The summed E-state index contributed by atoms with van der Waals surface area (Å²) in [6.07, 6.45) is 2.77. The number of nitrogens with two attached hydrogens (primary N) is 1. The van der Waals surface area contributed by atoms with Crippen LogP contribution in [0, 0.1) is 6.92 Å². The summed E-state index contributed by atoms with van der Waals surface area (Å²) >= 11 is 0. The Morgan fingerprint density at radius 2 is 2.00 bits per heavy atom. The Balaban J connectivity index is 1.99. The van der Waals surface area contributed by atoms with Gasteiger partial charge in [-0.25, -0.2) is 0 Å². The lowest BCUT2D eigenvalue weighted by Gasteiger charge is -2.28. The molecule has 1 heterocycles. The van der Waals surface area contributed by atoms with Crippen LogP contribution in [0.25, 0.3) is 0 Å². The number of rotatable bonds is 2. The van der Waals surface area contributed by atoms with Crippen LogP contribution in [0.15, 0.2) is 24.3 Å². The van der Waals surface area contributed by atoms with Crippen molar-refractivity contribution in [3.8, 4) is 0 Å². The molecule has 3 heteroatoms. The topological polar surface area (TPSA) is 46.3 Å². The zero-order chi connectivity index (χ0) is 12.0. The molecule has 3 nitrogen and oxygen atoms in total. The van der Waals surface area contributed by atoms with Crippen molar-refractivity contribution in [2.24, 2.45) is 5.73 Å². The average molecular weight is 230 g/mol. The van der Waals surface area contributed by atoms with Crippen molar-refractivity contribution in [1.82, 2.24) is 4.90 Å². The van der Waals surface area contributed by atoms with Gasteiger partial charge in [0, 0.05) is 18.5 Å². The SMILES string of the molecule is Cc1ccccc1C1C(N)CC(=O)N1C1CC1. The van der Waals surface area contributed by atoms with Gasteiger partial charge in [0.05, 0.1) is 6.04 Å². The van der Waals surface area contributed by atoms with Crippen molar-refractivity contribution in [1.29, 1.82) is 0 Å². The summed E-state index contributed by atoms with van der Waals surface area (Å²) in [4.78, 5) is 14.0. The summed E-state index contributed by atoms with van der Waals surface area (Å²) in [6, 6.07) is 8.75. The third-order valence-corrected chi connectivity index (χ3v) is 3.85. The van der Waals surface area contributed by atoms with Crippen LogP contribution in [-0.4, -0.2) is 22.9 Å². The van der Waals surface area contributed by atoms with E-state index in [1.807, 2.05) is 17.0 Å². The Morgan fingerprint density at radius 3 is 2.65 bits per heavy atom. The Morgan fingerprint density at radius 1 is 1.29 bits per heavy atom. The van der Waals surface area contributed by atoms with E-state index in [-0.39, 0.29) is 18.0 Å². The Kier molecular flexibility index (Phi) is 2.44. The summed E-state index contributed by atoms with van der Waals surface area (Å²) in [7, 11) is 0. The number of carbonyl (C=O) groups excluding carboxylic acids is 1. The number of likely N-dealkylation sites (tertiary alicyclic amines) is 1. The minimum Gasteiger partial charge on any atom is -0.331 e. The van der Waals surface area contributed by atoms with Crippen LogP contribution in [-0.2, 0) is 4.79 Å². The van der Waals surface area contributed by atoms with Crippen molar-refractivity contribution in [2.75, 3.05) is 0 Å². The number of amides is 1. The van der Waals surface area contributed by atoms with Crippen LogP contribution in [0.3, 0.4) is 0 Å². The van der Waals surface area contributed by atoms with Gasteiger partial charge in [0.2, 0.25) is 5.91 Å². The molecule has 1 aromatic rings. The van der Waals surface area contributed by atoms with Gasteiger partial charge in [-0.3, -0.25) is 4.79 Å². The highest BCUT2D eigenvalue weighted by atomic mass is 16.2. The molecule has 0 bridgehead atoms. The summed E-state index contributed by atoms with van der Waals surface area (Å²) in [6.45, 7) is 2.09. The summed E-state index contributed by atoms with van der Waals surface area (Å²) in [5.41, 5.74) is 8.61. The summed E-state index contributed by atoms with van der Waals surface area (Å²) in [5.74, 6) is 0.230. The fourth-order valence-corrected chi connectivity index (χ4v) is 2.86. The second-order valence-electron chi connectivity index (χ2n) is 5.20. The number of hydrogen-bond donors (Lipinski definition) is 1. The standard InChI is InChI=1S/C14H18N2O/c1-9-4-2-3-5-11(9)14-12(15)8-13(17)16(14)10-6-7-10/h2-5,10,12,14H,6-8,15H2,1H3. The molecule has 17 heavy (non-hydrogen) atoms. The largest absolute Gasteiger partial charge is 0.331 e. The smallest absolute Gasteiger partial charge is 0.225 e. The van der Waals surface area contributed by atoms with Crippen LogP contribution in [0.2, 0.25) is 0 Å². The van der Waals surface area contributed by atoms with E-state index in [0.29, 0.717) is 12.5 Å². The van der Waals surface area contributed by atoms with Crippen LogP contribution in [0.4, 0.5) is 0 Å². The Hall–Kier alpha value is -1.35. The Bertz CT molecular complexity index is 453. The minimum absolute atomic E-state index is 0.0517. The van der Waals surface area contributed by atoms with Gasteiger partial charge in [-0.2, -0.15) is 0 Å². The lowest BCUT2D eigenvalue weighted by atomic mass is 9.96. The molecule has 2 atom stereocenters. The number of nitrogens with zero attached hydrogens (tertiary/aromatic N) is 1. The molecular formula is C14H18N2O. The number of aryl methyl sites for hydroxylation is 1. The average Bonchev–Trinajstić information content (AvgIpc) is 3.06. The quantitative estimate of drug-likeness (QED) is 0.841. The first-order valence-corrected chi connectivity index (χ1v) is 6.31. The van der Waals surface area contributed by atoms with E-state index in [1.54, 1.807) is 0 Å². The second-order valence-corrected chi connectivity index (χ2v) is 5.20. The molecule has 1 saturated carbocycles.